The number of benzene rings is 6. The molecule has 0 bridgehead atoms. The molecule has 73 heavy (non-hydrogen) atoms. The van der Waals surface area contributed by atoms with E-state index in [1.165, 1.54) is 0 Å². The van der Waals surface area contributed by atoms with Crippen molar-refractivity contribution in [2.45, 2.75) is 51.2 Å². The number of hydrogen-bond acceptors (Lipinski definition) is 11. The molecule has 2 aromatic heterocycles. The summed E-state index contributed by atoms with van der Waals surface area (Å²) in [4.78, 5) is 53.5. The van der Waals surface area contributed by atoms with E-state index in [0.29, 0.717) is 47.5 Å². The van der Waals surface area contributed by atoms with Crippen molar-refractivity contribution in [2.75, 3.05) is 64.2 Å². The van der Waals surface area contributed by atoms with Crippen molar-refractivity contribution < 1.29 is 33.3 Å². The van der Waals surface area contributed by atoms with E-state index in [0.717, 1.165) is 77.2 Å². The summed E-state index contributed by atoms with van der Waals surface area (Å²) in [6.07, 6.45) is -0.528. The molecule has 4 N–H and O–H groups in total. The molecule has 6 aromatic carbocycles. The lowest BCUT2D eigenvalue weighted by molar-refractivity contribution is -0.133. The Hall–Kier alpha value is -7.55. The van der Waals surface area contributed by atoms with E-state index in [4.69, 9.17) is 52.1 Å². The van der Waals surface area contributed by atoms with Crippen molar-refractivity contribution in [3.05, 3.63) is 142 Å². The molecule has 1 unspecified atom stereocenters. The quantitative estimate of drug-likeness (QED) is 0.0477. The van der Waals surface area contributed by atoms with E-state index in [-0.39, 0.29) is 32.2 Å². The molecule has 0 saturated carbocycles. The molecule has 14 nitrogen and oxygen atoms in total. The third-order valence-corrected chi connectivity index (χ3v) is 13.3. The Morgan fingerprint density at radius 3 is 1.63 bits per heavy atom. The van der Waals surface area contributed by atoms with Crippen LogP contribution in [0.3, 0.4) is 0 Å². The van der Waals surface area contributed by atoms with Crippen LogP contribution in [0.15, 0.2) is 121 Å². The van der Waals surface area contributed by atoms with Gasteiger partial charge in [0.1, 0.15) is 29.7 Å². The van der Waals surface area contributed by atoms with E-state index in [1.807, 2.05) is 109 Å². The fourth-order valence-corrected chi connectivity index (χ4v) is 9.76. The third kappa shape index (κ3) is 11.6. The van der Waals surface area contributed by atoms with Crippen molar-refractivity contribution in [1.82, 2.24) is 25.5 Å². The van der Waals surface area contributed by atoms with Gasteiger partial charge in [0, 0.05) is 63.7 Å². The monoisotopic (exact) mass is 1020 g/mol. The first-order valence-electron chi connectivity index (χ1n) is 24.3. The maximum atomic E-state index is 15.0. The summed E-state index contributed by atoms with van der Waals surface area (Å²) < 4.78 is 22.7. The van der Waals surface area contributed by atoms with Gasteiger partial charge in [0.05, 0.1) is 54.2 Å². The number of amides is 3. The van der Waals surface area contributed by atoms with E-state index in [2.05, 4.69) is 33.4 Å². The third-order valence-electron chi connectivity index (χ3n) is 12.8. The van der Waals surface area contributed by atoms with Gasteiger partial charge in [-0.25, -0.2) is 19.6 Å². The van der Waals surface area contributed by atoms with Gasteiger partial charge < -0.3 is 45.1 Å². The molecule has 0 spiro atoms. The zero-order valence-electron chi connectivity index (χ0n) is 41.3. The van der Waals surface area contributed by atoms with E-state index in [9.17, 15) is 14.4 Å². The zero-order valence-corrected chi connectivity index (χ0v) is 42.8. The number of rotatable bonds is 18. The van der Waals surface area contributed by atoms with Gasteiger partial charge in [0.2, 0.25) is 5.91 Å². The van der Waals surface area contributed by atoms with Gasteiger partial charge in [-0.3, -0.25) is 4.79 Å². The van der Waals surface area contributed by atoms with E-state index < -0.39 is 29.7 Å². The predicted octanol–water partition coefficient (Wildman–Crippen LogP) is 12.0. The van der Waals surface area contributed by atoms with Crippen LogP contribution in [0.2, 0.25) is 10.0 Å². The molecular weight excluding hydrogens is 966 g/mol. The van der Waals surface area contributed by atoms with Crippen LogP contribution in [0.4, 0.5) is 21.0 Å². The van der Waals surface area contributed by atoms with Crippen molar-refractivity contribution in [3.63, 3.8) is 0 Å². The molecule has 9 rings (SSSR count). The highest BCUT2D eigenvalue weighted by molar-refractivity contribution is 6.32. The Bertz CT molecular complexity index is 3180. The number of anilines is 2. The lowest BCUT2D eigenvalue weighted by Gasteiger charge is -2.29. The lowest BCUT2D eigenvalue weighted by atomic mass is 9.98. The molecule has 1 aliphatic rings. The molecule has 376 valence electrons. The Morgan fingerprint density at radius 1 is 0.630 bits per heavy atom. The average molecular weight is 1020 g/mol. The summed E-state index contributed by atoms with van der Waals surface area (Å²) in [7, 11) is 3.24. The molecule has 8 aromatic rings. The highest BCUT2D eigenvalue weighted by atomic mass is 35.5. The van der Waals surface area contributed by atoms with Crippen molar-refractivity contribution in [1.29, 1.82) is 0 Å². The molecule has 1 aliphatic carbocycles. The number of nitrogens with zero attached hydrogens (tertiary/aromatic N) is 3. The molecule has 16 heteroatoms. The number of ether oxygens (including phenoxy) is 4. The van der Waals surface area contributed by atoms with E-state index >= 15 is 0 Å². The van der Waals surface area contributed by atoms with Gasteiger partial charge >= 0.3 is 12.2 Å². The number of carbonyl (C=O) groups is 3. The van der Waals surface area contributed by atoms with Gasteiger partial charge in [-0.05, 0) is 129 Å². The summed E-state index contributed by atoms with van der Waals surface area (Å²) in [5, 5.41) is 17.4. The fraction of sp³-hybridized carbons (Fsp3) is 0.281. The number of fused-ring (bicyclic) bond motifs is 7. The van der Waals surface area contributed by atoms with Crippen molar-refractivity contribution >= 4 is 96.3 Å². The first-order chi connectivity index (χ1) is 35.3. The predicted molar refractivity (Wildman–Crippen MR) is 291 cm³/mol. The second-order valence-electron chi connectivity index (χ2n) is 18.9. The highest BCUT2D eigenvalue weighted by Gasteiger charge is 2.31. The molecule has 0 aliphatic heterocycles. The Labute approximate surface area is 433 Å². The second-order valence-corrected chi connectivity index (χ2v) is 19.7. The molecular formula is C57H57Cl2N7O7. The molecule has 1 atom stereocenters. The number of methoxy groups -OCH3 is 2. The number of nitrogens with one attached hydrogen (secondary N) is 4. The first-order valence-corrected chi connectivity index (χ1v) is 25.0. The van der Waals surface area contributed by atoms with Gasteiger partial charge in [-0.15, -0.1) is 0 Å². The largest absolute Gasteiger partial charge is 0.497 e. The number of hydrogen-bond donors (Lipinski definition) is 4. The molecule has 0 saturated heterocycles. The number of carbonyl (C=O) groups excluding carboxylic acids is 3. The minimum absolute atomic E-state index is 0.0772. The zero-order chi connectivity index (χ0) is 51.2. The SMILES string of the molecule is COc1ccc2nc3cc(Cl)ccc3c(NCCCN(CCCNc3c4ccc(Cl)cc4nc4ccc(OC)cc34)C(=O)C(CNC(=O)OCC3c4ccccc4-c4ccccc43)NC(=O)OC(C)(C)C)c2c1. The smallest absolute Gasteiger partial charge is 0.408 e. The summed E-state index contributed by atoms with van der Waals surface area (Å²) >= 11 is 12.8. The topological polar surface area (TPSA) is 165 Å². The summed E-state index contributed by atoms with van der Waals surface area (Å²) in [5.74, 6) is 0.784. The van der Waals surface area contributed by atoms with Crippen LogP contribution in [-0.4, -0.2) is 98.2 Å². The first kappa shape index (κ1) is 50.4. The number of aromatic nitrogens is 2. The molecule has 0 fully saturated rings. The number of alkyl carbamates (subject to hydrolysis) is 2. The van der Waals surface area contributed by atoms with Gasteiger partial charge in [0.25, 0.3) is 0 Å². The standard InChI is InChI=1S/C57H57Cl2N7O7/c1-57(2,3)73-56(69)65-51(32-62-55(68)72-33-46-40-14-8-6-12-38(40)39-13-7-9-15-41(39)46)54(67)66(26-10-24-60-52-42-20-16-34(58)28-49(42)63-47-22-18-36(70-4)30-44(47)52)27-11-25-61-53-43-21-17-35(59)29-50(43)64-48-23-19-37(71-5)31-45(48)53/h6-9,12-23,28-31,46,51H,10-11,24-27,32-33H2,1-5H3,(H,60,63)(H,61,64)(H,62,68)(H,65,69). The lowest BCUT2D eigenvalue weighted by Crippen LogP contribution is -2.55. The van der Waals surface area contributed by atoms with Crippen LogP contribution in [0.25, 0.3) is 54.7 Å². The minimum atomic E-state index is -1.22. The maximum absolute atomic E-state index is 15.0. The highest BCUT2D eigenvalue weighted by Crippen LogP contribution is 2.44. The molecule has 0 radical (unpaired) electrons. The van der Waals surface area contributed by atoms with Crippen molar-refractivity contribution in [3.8, 4) is 22.6 Å². The van der Waals surface area contributed by atoms with Crippen LogP contribution in [-0.2, 0) is 14.3 Å². The molecule has 2 heterocycles. The van der Waals surface area contributed by atoms with Crippen LogP contribution in [0.1, 0.15) is 50.7 Å². The average Bonchev–Trinajstić information content (AvgIpc) is 3.70. The van der Waals surface area contributed by atoms with E-state index in [1.54, 1.807) is 39.9 Å². The van der Waals surface area contributed by atoms with Crippen molar-refractivity contribution in [2.24, 2.45) is 0 Å². The Kier molecular flexibility index (Phi) is 15.2. The van der Waals surface area contributed by atoms with Crippen LogP contribution in [0, 0.1) is 0 Å². The van der Waals surface area contributed by atoms with Gasteiger partial charge in [0.15, 0.2) is 0 Å². The van der Waals surface area contributed by atoms with Gasteiger partial charge in [-0.1, -0.05) is 71.7 Å². The Balaban J connectivity index is 0.954. The minimum Gasteiger partial charge on any atom is -0.497 e. The second kappa shape index (κ2) is 22.1. The normalized spacial score (nSPS) is 12.5. The van der Waals surface area contributed by atoms with Gasteiger partial charge in [-0.2, -0.15) is 0 Å². The Morgan fingerprint density at radius 2 is 1.14 bits per heavy atom. The number of pyridine rings is 2. The molecule has 3 amide bonds. The van der Waals surface area contributed by atoms with Crippen LogP contribution < -0.4 is 30.7 Å². The fourth-order valence-electron chi connectivity index (χ4n) is 9.43. The number of halogens is 2. The maximum Gasteiger partial charge on any atom is 0.408 e. The summed E-state index contributed by atoms with van der Waals surface area (Å²) in [5.41, 5.74) is 8.17. The summed E-state index contributed by atoms with van der Waals surface area (Å²) in [6, 6.07) is 37.6. The van der Waals surface area contributed by atoms with Crippen LogP contribution in [0.5, 0.6) is 11.5 Å². The summed E-state index contributed by atoms with van der Waals surface area (Å²) in [6.45, 7) is 6.52. The van der Waals surface area contributed by atoms with Crippen LogP contribution >= 0.6 is 23.2 Å².